The van der Waals surface area contributed by atoms with Gasteiger partial charge in [0, 0.05) is 12.5 Å². The minimum atomic E-state index is 0.169. The summed E-state index contributed by atoms with van der Waals surface area (Å²) in [6.45, 7) is 7.68. The number of benzene rings is 1. The molecule has 0 bridgehead atoms. The summed E-state index contributed by atoms with van der Waals surface area (Å²) in [5, 5.41) is 9.12. The first kappa shape index (κ1) is 12.5. The van der Waals surface area contributed by atoms with Gasteiger partial charge in [0.05, 0.1) is 0 Å². The van der Waals surface area contributed by atoms with Crippen molar-refractivity contribution in [1.82, 2.24) is 0 Å². The highest BCUT2D eigenvalue weighted by Crippen LogP contribution is 2.28. The van der Waals surface area contributed by atoms with Crippen LogP contribution < -0.4 is 0 Å². The molecule has 0 aliphatic carbocycles. The molecule has 0 aliphatic heterocycles. The molecule has 1 N–H and O–H groups in total. The van der Waals surface area contributed by atoms with Crippen molar-refractivity contribution in [1.29, 1.82) is 0 Å². The maximum atomic E-state index is 9.12. The van der Waals surface area contributed by atoms with Gasteiger partial charge < -0.3 is 5.11 Å². The Morgan fingerprint density at radius 2 is 1.94 bits per heavy atom. The third-order valence-corrected chi connectivity index (χ3v) is 2.57. The largest absolute Gasteiger partial charge is 0.396 e. The van der Waals surface area contributed by atoms with Crippen molar-refractivity contribution in [2.45, 2.75) is 12.3 Å². The van der Waals surface area contributed by atoms with E-state index in [9.17, 15) is 0 Å². The second-order valence-corrected chi connectivity index (χ2v) is 3.58. The van der Waals surface area contributed by atoms with Gasteiger partial charge in [-0.05, 0) is 17.6 Å². The van der Waals surface area contributed by atoms with Crippen molar-refractivity contribution in [2.24, 2.45) is 0 Å². The minimum Gasteiger partial charge on any atom is -0.396 e. The number of aliphatic hydroxyl groups is 1. The van der Waals surface area contributed by atoms with Crippen LogP contribution in [0.5, 0.6) is 0 Å². The molecule has 1 rings (SSSR count). The molecule has 0 saturated heterocycles. The van der Waals surface area contributed by atoms with Crippen LogP contribution in [0.25, 0.3) is 0 Å². The Labute approximate surface area is 97.4 Å². The van der Waals surface area contributed by atoms with Crippen LogP contribution in [0.15, 0.2) is 67.3 Å². The number of hydrogen-bond acceptors (Lipinski definition) is 1. The lowest BCUT2D eigenvalue weighted by Gasteiger charge is -2.17. The standard InChI is InChI=1S/C15H18O/c1-3-8-13(4-2)15(11-12-16)14-9-6-5-7-10-14/h3-10,15-16H,1-2,11-12H2/b13-8+. The van der Waals surface area contributed by atoms with Crippen LogP contribution in [0.2, 0.25) is 0 Å². The minimum absolute atomic E-state index is 0.169. The monoisotopic (exact) mass is 214 g/mol. The maximum absolute atomic E-state index is 9.12. The van der Waals surface area contributed by atoms with Gasteiger partial charge >= 0.3 is 0 Å². The van der Waals surface area contributed by atoms with E-state index in [1.807, 2.05) is 30.4 Å². The van der Waals surface area contributed by atoms with Gasteiger partial charge in [-0.3, -0.25) is 0 Å². The van der Waals surface area contributed by atoms with E-state index in [0.29, 0.717) is 6.42 Å². The summed E-state index contributed by atoms with van der Waals surface area (Å²) in [7, 11) is 0. The lowest BCUT2D eigenvalue weighted by atomic mass is 9.88. The first-order chi connectivity index (χ1) is 7.83. The summed E-state index contributed by atoms with van der Waals surface area (Å²) >= 11 is 0. The average Bonchev–Trinajstić information content (AvgIpc) is 2.35. The Balaban J connectivity index is 3.03. The summed E-state index contributed by atoms with van der Waals surface area (Å²) < 4.78 is 0. The fraction of sp³-hybridized carbons (Fsp3) is 0.200. The van der Waals surface area contributed by atoms with E-state index < -0.39 is 0 Å². The van der Waals surface area contributed by atoms with Crippen molar-refractivity contribution in [2.75, 3.05) is 6.61 Å². The van der Waals surface area contributed by atoms with Crippen LogP contribution in [0.1, 0.15) is 17.9 Å². The Hall–Kier alpha value is -1.60. The summed E-state index contributed by atoms with van der Waals surface area (Å²) in [5.41, 5.74) is 2.29. The van der Waals surface area contributed by atoms with E-state index in [1.54, 1.807) is 6.08 Å². The normalized spacial score (nSPS) is 13.2. The zero-order valence-electron chi connectivity index (χ0n) is 9.47. The van der Waals surface area contributed by atoms with Crippen LogP contribution in [0.3, 0.4) is 0 Å². The second kappa shape index (κ2) is 6.81. The van der Waals surface area contributed by atoms with E-state index in [-0.39, 0.29) is 12.5 Å². The van der Waals surface area contributed by atoms with E-state index >= 15 is 0 Å². The van der Waals surface area contributed by atoms with Gasteiger partial charge in [0.1, 0.15) is 0 Å². The number of aliphatic hydroxyl groups excluding tert-OH is 1. The highest BCUT2D eigenvalue weighted by atomic mass is 16.3. The summed E-state index contributed by atoms with van der Waals surface area (Å²) in [6.07, 6.45) is 6.23. The third-order valence-electron chi connectivity index (χ3n) is 2.57. The second-order valence-electron chi connectivity index (χ2n) is 3.58. The first-order valence-electron chi connectivity index (χ1n) is 5.44. The predicted molar refractivity (Wildman–Crippen MR) is 69.4 cm³/mol. The molecular formula is C15H18O. The molecule has 0 radical (unpaired) electrons. The molecule has 0 fully saturated rings. The van der Waals surface area contributed by atoms with Gasteiger partial charge in [-0.1, -0.05) is 61.7 Å². The van der Waals surface area contributed by atoms with Gasteiger partial charge in [-0.15, -0.1) is 0 Å². The Morgan fingerprint density at radius 3 is 2.44 bits per heavy atom. The summed E-state index contributed by atoms with van der Waals surface area (Å²) in [5.74, 6) is 0.196. The fourth-order valence-corrected chi connectivity index (χ4v) is 1.80. The Kier molecular flexibility index (Phi) is 5.30. The molecule has 0 spiro atoms. The van der Waals surface area contributed by atoms with Crippen molar-refractivity contribution in [3.05, 3.63) is 72.9 Å². The SMILES string of the molecule is C=C/C=C(\C=C)C(CCO)c1ccccc1. The smallest absolute Gasteiger partial charge is 0.0440 e. The van der Waals surface area contributed by atoms with E-state index in [2.05, 4.69) is 25.3 Å². The molecule has 1 aromatic rings. The van der Waals surface area contributed by atoms with E-state index in [4.69, 9.17) is 5.11 Å². The predicted octanol–water partition coefficient (Wildman–Crippen LogP) is 3.45. The van der Waals surface area contributed by atoms with Crippen LogP contribution in [-0.4, -0.2) is 11.7 Å². The molecule has 1 unspecified atom stereocenters. The molecular weight excluding hydrogens is 196 g/mol. The van der Waals surface area contributed by atoms with Gasteiger partial charge in [0.25, 0.3) is 0 Å². The lowest BCUT2D eigenvalue weighted by Crippen LogP contribution is -2.03. The van der Waals surface area contributed by atoms with Gasteiger partial charge in [0.2, 0.25) is 0 Å². The third kappa shape index (κ3) is 3.21. The topological polar surface area (TPSA) is 20.2 Å². The Bertz CT molecular complexity index is 362. The van der Waals surface area contributed by atoms with Crippen molar-refractivity contribution >= 4 is 0 Å². The molecule has 0 heterocycles. The van der Waals surface area contributed by atoms with Crippen LogP contribution in [-0.2, 0) is 0 Å². The summed E-state index contributed by atoms with van der Waals surface area (Å²) in [6, 6.07) is 10.1. The van der Waals surface area contributed by atoms with Crippen molar-refractivity contribution < 1.29 is 5.11 Å². The van der Waals surface area contributed by atoms with Gasteiger partial charge in [0.15, 0.2) is 0 Å². The van der Waals surface area contributed by atoms with Crippen LogP contribution in [0, 0.1) is 0 Å². The molecule has 1 atom stereocenters. The van der Waals surface area contributed by atoms with E-state index in [0.717, 1.165) is 5.57 Å². The van der Waals surface area contributed by atoms with Gasteiger partial charge in [-0.25, -0.2) is 0 Å². The van der Waals surface area contributed by atoms with Crippen LogP contribution in [0.4, 0.5) is 0 Å². The molecule has 1 heteroatoms. The maximum Gasteiger partial charge on any atom is 0.0440 e. The highest BCUT2D eigenvalue weighted by molar-refractivity contribution is 5.35. The lowest BCUT2D eigenvalue weighted by molar-refractivity contribution is 0.281. The highest BCUT2D eigenvalue weighted by Gasteiger charge is 2.13. The number of rotatable bonds is 6. The molecule has 0 aliphatic rings. The summed E-state index contributed by atoms with van der Waals surface area (Å²) in [4.78, 5) is 0. The zero-order valence-corrected chi connectivity index (χ0v) is 9.47. The molecule has 0 amide bonds. The van der Waals surface area contributed by atoms with Crippen molar-refractivity contribution in [3.63, 3.8) is 0 Å². The number of hydrogen-bond donors (Lipinski definition) is 1. The molecule has 84 valence electrons. The zero-order chi connectivity index (χ0) is 11.8. The molecule has 16 heavy (non-hydrogen) atoms. The van der Waals surface area contributed by atoms with Gasteiger partial charge in [-0.2, -0.15) is 0 Å². The average molecular weight is 214 g/mol. The quantitative estimate of drug-likeness (QED) is 0.719. The molecule has 1 aromatic carbocycles. The van der Waals surface area contributed by atoms with Crippen LogP contribution >= 0.6 is 0 Å². The molecule has 0 saturated carbocycles. The van der Waals surface area contributed by atoms with Crippen molar-refractivity contribution in [3.8, 4) is 0 Å². The fourth-order valence-electron chi connectivity index (χ4n) is 1.80. The Morgan fingerprint density at radius 1 is 1.25 bits per heavy atom. The van der Waals surface area contributed by atoms with E-state index in [1.165, 1.54) is 5.56 Å². The number of allylic oxidation sites excluding steroid dienone is 4. The molecule has 0 aromatic heterocycles. The molecule has 1 nitrogen and oxygen atoms in total. The first-order valence-corrected chi connectivity index (χ1v) is 5.44.